The van der Waals surface area contributed by atoms with Crippen LogP contribution in [0, 0.1) is 11.6 Å². The van der Waals surface area contributed by atoms with Crippen LogP contribution in [-0.4, -0.2) is 30.6 Å². The van der Waals surface area contributed by atoms with Gasteiger partial charge in [-0.3, -0.25) is 9.69 Å². The van der Waals surface area contributed by atoms with Gasteiger partial charge in [-0.05, 0) is 66.1 Å². The third kappa shape index (κ3) is 5.47. The molecule has 4 rings (SSSR count). The molecule has 1 fully saturated rings. The lowest BCUT2D eigenvalue weighted by atomic mass is 9.90. The lowest BCUT2D eigenvalue weighted by Gasteiger charge is -2.29. The molecule has 1 aliphatic heterocycles. The molecule has 0 bridgehead atoms. The first-order chi connectivity index (χ1) is 17.9. The Morgan fingerprint density at radius 1 is 0.947 bits per heavy atom. The molecule has 2 atom stereocenters. The predicted octanol–water partition coefficient (Wildman–Crippen LogP) is 5.72. The number of amides is 3. The molecule has 0 unspecified atom stereocenters. The Balaban J connectivity index is 1.63. The highest BCUT2D eigenvalue weighted by Crippen LogP contribution is 2.35. The Hall–Kier alpha value is -3.99. The average molecular weight is 534 g/mol. The number of rotatable bonds is 8. The maximum atomic E-state index is 13.9. The van der Waals surface area contributed by atoms with Gasteiger partial charge >= 0.3 is 12.2 Å². The zero-order chi connectivity index (χ0) is 27.7. The number of benzene rings is 3. The Kier molecular flexibility index (Phi) is 7.41. The van der Waals surface area contributed by atoms with Gasteiger partial charge in [0.1, 0.15) is 17.4 Å². The molecule has 1 aliphatic rings. The largest absolute Gasteiger partial charge is 0.497 e. The van der Waals surface area contributed by atoms with Crippen LogP contribution in [0.3, 0.4) is 0 Å². The Morgan fingerprint density at radius 3 is 2.21 bits per heavy atom. The first-order valence-corrected chi connectivity index (χ1v) is 11.5. The maximum absolute atomic E-state index is 13.9. The van der Waals surface area contributed by atoms with Crippen molar-refractivity contribution in [3.63, 3.8) is 0 Å². The number of ether oxygens (including phenoxy) is 2. The Morgan fingerprint density at radius 2 is 1.61 bits per heavy atom. The highest BCUT2D eigenvalue weighted by Gasteiger charge is 2.53. The molecule has 0 aliphatic carbocycles. The van der Waals surface area contributed by atoms with Crippen LogP contribution in [0.5, 0.6) is 5.75 Å². The molecule has 200 valence electrons. The molecule has 1 saturated heterocycles. The van der Waals surface area contributed by atoms with E-state index in [9.17, 15) is 31.5 Å². The van der Waals surface area contributed by atoms with Crippen LogP contribution in [0.2, 0.25) is 0 Å². The third-order valence-electron chi connectivity index (χ3n) is 6.28. The van der Waals surface area contributed by atoms with Crippen LogP contribution in [0.15, 0.2) is 66.7 Å². The number of halogens is 5. The number of hydrogen-bond acceptors (Lipinski definition) is 4. The van der Waals surface area contributed by atoms with Crippen LogP contribution in [-0.2, 0) is 27.8 Å². The SMILES string of the molecule is COc1ccc(CN2C(=O)N[C@](CO[C@H](C)c3cc(F)cc(C(F)(F)F)c3)(c3ccc(F)cc3)C2=O)cc1. The molecule has 3 aromatic carbocycles. The summed E-state index contributed by atoms with van der Waals surface area (Å²) in [6.45, 7) is 0.789. The maximum Gasteiger partial charge on any atom is 0.416 e. The van der Waals surface area contributed by atoms with E-state index in [4.69, 9.17) is 9.47 Å². The minimum absolute atomic E-state index is 0.0913. The summed E-state index contributed by atoms with van der Waals surface area (Å²) in [6.07, 6.45) is -5.87. The third-order valence-corrected chi connectivity index (χ3v) is 6.28. The predicted molar refractivity (Wildman–Crippen MR) is 126 cm³/mol. The molecule has 1 N–H and O–H groups in total. The molecule has 1 heterocycles. The van der Waals surface area contributed by atoms with Crippen LogP contribution in [0.1, 0.15) is 35.3 Å². The molecule has 3 amide bonds. The summed E-state index contributed by atoms with van der Waals surface area (Å²) in [4.78, 5) is 27.6. The highest BCUT2D eigenvalue weighted by molar-refractivity contribution is 6.07. The monoisotopic (exact) mass is 534 g/mol. The number of nitrogens with zero attached hydrogens (tertiary/aromatic N) is 1. The minimum Gasteiger partial charge on any atom is -0.497 e. The summed E-state index contributed by atoms with van der Waals surface area (Å²) in [6, 6.07) is 12.8. The summed E-state index contributed by atoms with van der Waals surface area (Å²) in [5.74, 6) is -1.80. The van der Waals surface area contributed by atoms with E-state index in [1.807, 2.05) is 0 Å². The van der Waals surface area contributed by atoms with E-state index < -0.39 is 53.6 Å². The number of carbonyl (C=O) groups is 2. The lowest BCUT2D eigenvalue weighted by molar-refractivity contribution is -0.137. The van der Waals surface area contributed by atoms with Crippen LogP contribution in [0.25, 0.3) is 0 Å². The highest BCUT2D eigenvalue weighted by atomic mass is 19.4. The van der Waals surface area contributed by atoms with Gasteiger partial charge in [0.25, 0.3) is 5.91 Å². The first kappa shape index (κ1) is 27.1. The smallest absolute Gasteiger partial charge is 0.416 e. The minimum atomic E-state index is -4.77. The molecule has 38 heavy (non-hydrogen) atoms. The lowest BCUT2D eigenvalue weighted by Crippen LogP contribution is -2.48. The average Bonchev–Trinajstić information content (AvgIpc) is 3.12. The fourth-order valence-corrected chi connectivity index (χ4v) is 4.15. The van der Waals surface area contributed by atoms with Gasteiger partial charge in [0.05, 0.1) is 31.9 Å². The van der Waals surface area contributed by atoms with Gasteiger partial charge in [-0.2, -0.15) is 13.2 Å². The van der Waals surface area contributed by atoms with Crippen molar-refractivity contribution in [2.24, 2.45) is 0 Å². The molecule has 3 aromatic rings. The van der Waals surface area contributed by atoms with E-state index in [1.54, 1.807) is 24.3 Å². The number of urea groups is 1. The number of methoxy groups -OCH3 is 1. The van der Waals surface area contributed by atoms with Crippen molar-refractivity contribution in [2.45, 2.75) is 31.3 Å². The fraction of sp³-hybridized carbons (Fsp3) is 0.259. The van der Waals surface area contributed by atoms with Crippen LogP contribution >= 0.6 is 0 Å². The molecule has 0 radical (unpaired) electrons. The van der Waals surface area contributed by atoms with E-state index in [2.05, 4.69) is 5.32 Å². The number of imide groups is 1. The summed E-state index contributed by atoms with van der Waals surface area (Å²) in [5, 5.41) is 2.61. The van der Waals surface area contributed by atoms with E-state index in [1.165, 1.54) is 26.2 Å². The van der Waals surface area contributed by atoms with Gasteiger partial charge in [0.15, 0.2) is 5.54 Å². The standard InChI is InChI=1S/C27H23F5N2O4/c1-16(18-11-20(27(30,31)32)13-22(29)12-18)38-15-26(19-5-7-21(28)8-6-19)24(35)34(25(36)33-26)14-17-3-9-23(37-2)10-4-17/h3-13,16H,14-15H2,1-2H3,(H,33,36)/t16-,26-/m1/s1. The van der Waals surface area contributed by atoms with Crippen LogP contribution in [0.4, 0.5) is 26.7 Å². The van der Waals surface area contributed by atoms with Gasteiger partial charge in [0.2, 0.25) is 0 Å². The van der Waals surface area contributed by atoms with Crippen molar-refractivity contribution >= 4 is 11.9 Å². The van der Waals surface area contributed by atoms with Crippen molar-refractivity contribution in [1.82, 2.24) is 10.2 Å². The second-order valence-corrected chi connectivity index (χ2v) is 8.81. The van der Waals surface area contributed by atoms with Crippen molar-refractivity contribution in [2.75, 3.05) is 13.7 Å². The quantitative estimate of drug-likeness (QED) is 0.297. The van der Waals surface area contributed by atoms with Gasteiger partial charge < -0.3 is 14.8 Å². The molecule has 0 saturated carbocycles. The van der Waals surface area contributed by atoms with Gasteiger partial charge in [-0.25, -0.2) is 13.6 Å². The zero-order valence-corrected chi connectivity index (χ0v) is 20.3. The molecule has 11 heteroatoms. The number of nitrogens with one attached hydrogen (secondary N) is 1. The molecule has 6 nitrogen and oxygen atoms in total. The van der Waals surface area contributed by atoms with E-state index in [-0.39, 0.29) is 17.7 Å². The first-order valence-electron chi connectivity index (χ1n) is 11.5. The van der Waals surface area contributed by atoms with Crippen molar-refractivity contribution < 1.29 is 41.0 Å². The number of hydrogen-bond donors (Lipinski definition) is 1. The summed E-state index contributed by atoms with van der Waals surface area (Å²) >= 11 is 0. The number of carbonyl (C=O) groups excluding carboxylic acids is 2. The normalized spacial score (nSPS) is 18.4. The van der Waals surface area contributed by atoms with Crippen molar-refractivity contribution in [3.8, 4) is 5.75 Å². The second-order valence-electron chi connectivity index (χ2n) is 8.81. The summed E-state index contributed by atoms with van der Waals surface area (Å²) in [5.41, 5.74) is -2.27. The summed E-state index contributed by atoms with van der Waals surface area (Å²) < 4.78 is 78.0. The van der Waals surface area contributed by atoms with Crippen LogP contribution < -0.4 is 10.1 Å². The topological polar surface area (TPSA) is 67.9 Å². The van der Waals surface area contributed by atoms with E-state index in [0.29, 0.717) is 17.4 Å². The molecule has 0 spiro atoms. The van der Waals surface area contributed by atoms with Gasteiger partial charge in [-0.15, -0.1) is 0 Å². The summed E-state index contributed by atoms with van der Waals surface area (Å²) in [7, 11) is 1.50. The number of alkyl halides is 3. The van der Waals surface area contributed by atoms with Crippen molar-refractivity contribution in [1.29, 1.82) is 0 Å². The Labute approximate surface area is 215 Å². The van der Waals surface area contributed by atoms with Gasteiger partial charge in [-0.1, -0.05) is 24.3 Å². The molecular formula is C27H23F5N2O4. The Bertz CT molecular complexity index is 1330. The van der Waals surface area contributed by atoms with E-state index in [0.717, 1.165) is 29.2 Å². The van der Waals surface area contributed by atoms with E-state index >= 15 is 0 Å². The zero-order valence-electron chi connectivity index (χ0n) is 20.3. The fourth-order valence-electron chi connectivity index (χ4n) is 4.15. The molecular weight excluding hydrogens is 511 g/mol. The van der Waals surface area contributed by atoms with Gasteiger partial charge in [0, 0.05) is 0 Å². The second kappa shape index (κ2) is 10.4. The van der Waals surface area contributed by atoms with Crippen molar-refractivity contribution in [3.05, 3.63) is 101 Å². The molecule has 0 aromatic heterocycles.